The number of carbonyl (C=O) groups excluding carboxylic acids is 1. The average Bonchev–Trinajstić information content (AvgIpc) is 3.08. The number of hydrogen-bond donors (Lipinski definition) is 0. The third kappa shape index (κ3) is 4.77. The topological polar surface area (TPSA) is 32.8 Å². The second kappa shape index (κ2) is 10.4. The number of rotatable bonds is 8. The van der Waals surface area contributed by atoms with Crippen LogP contribution in [-0.2, 0) is 0 Å². The normalized spacial score (nSPS) is 19.9. The first-order chi connectivity index (χ1) is 16.1. The maximum Gasteiger partial charge on any atom is 0.253 e. The molecule has 2 unspecified atom stereocenters. The van der Waals surface area contributed by atoms with Crippen LogP contribution in [0.2, 0.25) is 0 Å². The van der Waals surface area contributed by atoms with Gasteiger partial charge in [-0.05, 0) is 80.5 Å². The molecule has 0 aromatic heterocycles. The monoisotopic (exact) mass is 444 g/mol. The van der Waals surface area contributed by atoms with Gasteiger partial charge in [-0.25, -0.2) is 0 Å². The largest absolute Gasteiger partial charge is 0.497 e. The number of fused-ring (bicyclic) bond motifs is 2. The van der Waals surface area contributed by atoms with Crippen molar-refractivity contribution in [1.29, 1.82) is 0 Å². The van der Waals surface area contributed by atoms with Crippen LogP contribution in [-0.4, -0.2) is 54.5 Å². The first kappa shape index (κ1) is 23.3. The molecule has 2 aliphatic heterocycles. The molecule has 0 radical (unpaired) electrons. The van der Waals surface area contributed by atoms with Crippen LogP contribution in [0.1, 0.15) is 61.0 Å². The van der Waals surface area contributed by atoms with Crippen molar-refractivity contribution in [3.05, 3.63) is 83.4 Å². The maximum absolute atomic E-state index is 12.8. The van der Waals surface area contributed by atoms with E-state index < -0.39 is 0 Å². The number of hydrogen-bond acceptors (Lipinski definition) is 3. The highest BCUT2D eigenvalue weighted by atomic mass is 16.5. The zero-order valence-electron chi connectivity index (χ0n) is 20.2. The summed E-state index contributed by atoms with van der Waals surface area (Å²) < 4.78 is 5.54. The molecular formula is C29H36N2O2. The summed E-state index contributed by atoms with van der Waals surface area (Å²) in [6, 6.07) is 17.8. The van der Waals surface area contributed by atoms with E-state index in [1.165, 1.54) is 35.1 Å². The van der Waals surface area contributed by atoms with Crippen LogP contribution in [0, 0.1) is 0 Å². The minimum absolute atomic E-state index is 0.0953. The molecule has 33 heavy (non-hydrogen) atoms. The molecule has 0 N–H and O–H groups in total. The van der Waals surface area contributed by atoms with E-state index in [2.05, 4.69) is 41.8 Å². The van der Waals surface area contributed by atoms with Gasteiger partial charge in [-0.1, -0.05) is 35.9 Å². The molecule has 0 spiro atoms. The zero-order valence-corrected chi connectivity index (χ0v) is 20.2. The Morgan fingerprint density at radius 1 is 1.03 bits per heavy atom. The highest BCUT2D eigenvalue weighted by molar-refractivity contribution is 5.95. The number of methoxy groups -OCH3 is 1. The molecule has 2 aromatic rings. The van der Waals surface area contributed by atoms with Gasteiger partial charge in [-0.3, -0.25) is 9.69 Å². The van der Waals surface area contributed by atoms with E-state index in [1.54, 1.807) is 7.11 Å². The summed E-state index contributed by atoms with van der Waals surface area (Å²) in [5.41, 5.74) is 5.91. The van der Waals surface area contributed by atoms with Crippen molar-refractivity contribution in [2.75, 3.05) is 26.7 Å². The van der Waals surface area contributed by atoms with E-state index in [0.29, 0.717) is 12.1 Å². The summed E-state index contributed by atoms with van der Waals surface area (Å²) >= 11 is 0. The van der Waals surface area contributed by atoms with Gasteiger partial charge < -0.3 is 9.64 Å². The van der Waals surface area contributed by atoms with Crippen LogP contribution >= 0.6 is 0 Å². The summed E-state index contributed by atoms with van der Waals surface area (Å²) in [4.78, 5) is 17.3. The Bertz CT molecular complexity index is 1000. The minimum Gasteiger partial charge on any atom is -0.497 e. The Balaban J connectivity index is 1.74. The van der Waals surface area contributed by atoms with Crippen molar-refractivity contribution in [2.45, 2.75) is 51.6 Å². The summed E-state index contributed by atoms with van der Waals surface area (Å²) in [5.74, 6) is 0.962. The molecule has 0 aliphatic carbocycles. The van der Waals surface area contributed by atoms with Crippen LogP contribution in [0.3, 0.4) is 0 Å². The Labute approximate surface area is 198 Å². The van der Waals surface area contributed by atoms with Gasteiger partial charge in [0, 0.05) is 37.3 Å². The molecule has 4 nitrogen and oxygen atoms in total. The predicted octanol–water partition coefficient (Wildman–Crippen LogP) is 5.79. The fraction of sp³-hybridized carbons (Fsp3) is 0.414. The molecule has 174 valence electrons. The van der Waals surface area contributed by atoms with E-state index in [4.69, 9.17) is 4.74 Å². The Morgan fingerprint density at radius 2 is 1.67 bits per heavy atom. The molecule has 2 aliphatic rings. The zero-order chi connectivity index (χ0) is 23.4. The van der Waals surface area contributed by atoms with Crippen molar-refractivity contribution in [3.63, 3.8) is 0 Å². The number of amides is 1. The van der Waals surface area contributed by atoms with Crippen LogP contribution in [0.25, 0.3) is 5.57 Å². The molecule has 0 saturated carbocycles. The average molecular weight is 445 g/mol. The lowest BCUT2D eigenvalue weighted by atomic mass is 9.85. The lowest BCUT2D eigenvalue weighted by Gasteiger charge is -2.36. The van der Waals surface area contributed by atoms with E-state index in [-0.39, 0.29) is 5.91 Å². The van der Waals surface area contributed by atoms with Crippen LogP contribution in [0.4, 0.5) is 0 Å². The third-order valence-electron chi connectivity index (χ3n) is 7.26. The SMILES string of the molecule is C=CCN1C2CCC1CC(=C(c1ccc(C(=O)N(CC)CC)cc1)c1cccc(OC)c1)C2. The molecule has 2 aromatic carbocycles. The number of carbonyl (C=O) groups is 1. The van der Waals surface area contributed by atoms with Gasteiger partial charge in [-0.2, -0.15) is 0 Å². The summed E-state index contributed by atoms with van der Waals surface area (Å²) in [5, 5.41) is 0. The van der Waals surface area contributed by atoms with Crippen LogP contribution < -0.4 is 4.74 Å². The van der Waals surface area contributed by atoms with Crippen molar-refractivity contribution in [2.24, 2.45) is 0 Å². The first-order valence-electron chi connectivity index (χ1n) is 12.2. The van der Waals surface area contributed by atoms with Gasteiger partial charge in [0.05, 0.1) is 7.11 Å². The van der Waals surface area contributed by atoms with Gasteiger partial charge in [0.1, 0.15) is 5.75 Å². The maximum atomic E-state index is 12.8. The molecule has 4 heteroatoms. The first-order valence-corrected chi connectivity index (χ1v) is 12.2. The minimum atomic E-state index is 0.0953. The quantitative estimate of drug-likeness (QED) is 0.483. The molecule has 2 atom stereocenters. The molecule has 2 heterocycles. The lowest BCUT2D eigenvalue weighted by molar-refractivity contribution is 0.0773. The smallest absolute Gasteiger partial charge is 0.253 e. The Morgan fingerprint density at radius 3 is 2.24 bits per heavy atom. The standard InChI is InChI=1S/C29H36N2O2/c1-5-17-31-25-15-16-26(31)19-24(18-25)28(23-9-8-10-27(20-23)33-4)21-11-13-22(14-12-21)29(32)30(6-2)7-3/h5,8-14,20,25-26H,1,6-7,15-19H2,2-4H3. The highest BCUT2D eigenvalue weighted by Crippen LogP contribution is 2.43. The second-order valence-corrected chi connectivity index (χ2v) is 9.04. The predicted molar refractivity (Wildman–Crippen MR) is 136 cm³/mol. The summed E-state index contributed by atoms with van der Waals surface area (Å²) in [6.07, 6.45) is 6.71. The van der Waals surface area contributed by atoms with E-state index >= 15 is 0 Å². The van der Waals surface area contributed by atoms with Crippen molar-refractivity contribution in [1.82, 2.24) is 9.80 Å². The molecule has 2 fully saturated rings. The van der Waals surface area contributed by atoms with E-state index in [9.17, 15) is 4.79 Å². The highest BCUT2D eigenvalue weighted by Gasteiger charge is 2.38. The van der Waals surface area contributed by atoms with Gasteiger partial charge >= 0.3 is 0 Å². The fourth-order valence-corrected chi connectivity index (χ4v) is 5.58. The summed E-state index contributed by atoms with van der Waals surface area (Å²) in [7, 11) is 1.72. The molecule has 4 rings (SSSR count). The summed E-state index contributed by atoms with van der Waals surface area (Å²) in [6.45, 7) is 10.4. The number of nitrogens with zero attached hydrogens (tertiary/aromatic N) is 2. The van der Waals surface area contributed by atoms with Gasteiger partial charge in [0.15, 0.2) is 0 Å². The third-order valence-corrected chi connectivity index (χ3v) is 7.26. The lowest BCUT2D eigenvalue weighted by Crippen LogP contribution is -2.40. The van der Waals surface area contributed by atoms with Gasteiger partial charge in [0.25, 0.3) is 5.91 Å². The van der Waals surface area contributed by atoms with Crippen LogP contribution in [0.15, 0.2) is 66.8 Å². The van der Waals surface area contributed by atoms with E-state index in [1.807, 2.05) is 43.0 Å². The number of benzene rings is 2. The van der Waals surface area contributed by atoms with Crippen LogP contribution in [0.5, 0.6) is 5.75 Å². The second-order valence-electron chi connectivity index (χ2n) is 9.04. The number of ether oxygens (including phenoxy) is 1. The fourth-order valence-electron chi connectivity index (χ4n) is 5.58. The van der Waals surface area contributed by atoms with Crippen molar-refractivity contribution < 1.29 is 9.53 Å². The Kier molecular flexibility index (Phi) is 7.34. The Hall–Kier alpha value is -2.85. The van der Waals surface area contributed by atoms with Crippen molar-refractivity contribution in [3.8, 4) is 5.75 Å². The van der Waals surface area contributed by atoms with Gasteiger partial charge in [-0.15, -0.1) is 6.58 Å². The van der Waals surface area contributed by atoms with Gasteiger partial charge in [0.2, 0.25) is 0 Å². The molecule has 2 bridgehead atoms. The van der Waals surface area contributed by atoms with Crippen molar-refractivity contribution >= 4 is 11.5 Å². The number of piperidine rings is 1. The molecule has 1 amide bonds. The van der Waals surface area contributed by atoms with E-state index in [0.717, 1.165) is 43.8 Å². The molecular weight excluding hydrogens is 408 g/mol. The molecule has 2 saturated heterocycles.